The molecule has 3 aromatic rings. The number of halogens is 1. The molecule has 1 amide bonds. The average Bonchev–Trinajstić information content (AvgIpc) is 2.92. The third-order valence-corrected chi connectivity index (χ3v) is 5.29. The number of nitrogens with zero attached hydrogens (tertiary/aromatic N) is 1. The highest BCUT2D eigenvalue weighted by atomic mass is 79.9. The molecule has 0 aliphatic heterocycles. The number of aryl methyl sites for hydroxylation is 1. The number of carboxylic acid groups (broad SMARTS) is 1. The zero-order chi connectivity index (χ0) is 13.6. The lowest BCUT2D eigenvalue weighted by Gasteiger charge is -1.99. The molecule has 0 radical (unpaired) electrons. The van der Waals surface area contributed by atoms with E-state index in [1.807, 2.05) is 12.1 Å². The second-order valence-corrected chi connectivity index (χ2v) is 7.34. The van der Waals surface area contributed by atoms with Crippen molar-refractivity contribution < 1.29 is 14.4 Å². The fourth-order valence-corrected chi connectivity index (χ4v) is 4.72. The van der Waals surface area contributed by atoms with Crippen LogP contribution < -0.4 is 5.32 Å². The molecule has 0 unspecified atom stereocenters. The van der Waals surface area contributed by atoms with E-state index < -0.39 is 6.09 Å². The summed E-state index contributed by atoms with van der Waals surface area (Å²) in [6.45, 7) is 1.70. The molecular weight excluding hydrogens is 352 g/mol. The maximum atomic E-state index is 10.8. The van der Waals surface area contributed by atoms with Crippen molar-refractivity contribution in [1.82, 2.24) is 5.16 Å². The number of rotatable bonds is 2. The van der Waals surface area contributed by atoms with E-state index >= 15 is 0 Å². The molecular formula is C11H7BrN2O3S2. The summed E-state index contributed by atoms with van der Waals surface area (Å²) < 4.78 is 8.56. The van der Waals surface area contributed by atoms with Gasteiger partial charge in [-0.15, -0.1) is 22.7 Å². The molecule has 0 saturated carbocycles. The van der Waals surface area contributed by atoms with Crippen LogP contribution in [0.1, 0.15) is 5.69 Å². The van der Waals surface area contributed by atoms with E-state index in [2.05, 4.69) is 26.4 Å². The maximum Gasteiger partial charge on any atom is 0.409 e. The van der Waals surface area contributed by atoms with Gasteiger partial charge in [0.25, 0.3) is 0 Å². The molecule has 19 heavy (non-hydrogen) atoms. The van der Waals surface area contributed by atoms with E-state index in [0.717, 1.165) is 18.1 Å². The van der Waals surface area contributed by atoms with E-state index in [4.69, 9.17) is 9.63 Å². The van der Waals surface area contributed by atoms with Gasteiger partial charge < -0.3 is 9.63 Å². The van der Waals surface area contributed by atoms with Crippen molar-refractivity contribution in [1.29, 1.82) is 0 Å². The second-order valence-electron chi connectivity index (χ2n) is 3.79. The van der Waals surface area contributed by atoms with Crippen molar-refractivity contribution in [3.05, 3.63) is 21.6 Å². The van der Waals surface area contributed by atoms with Crippen LogP contribution in [0.15, 0.2) is 20.4 Å². The molecule has 3 heterocycles. The largest absolute Gasteiger partial charge is 0.465 e. The predicted octanol–water partition coefficient (Wildman–Crippen LogP) is 4.78. The van der Waals surface area contributed by atoms with Gasteiger partial charge in [-0.25, -0.2) is 4.79 Å². The van der Waals surface area contributed by atoms with Crippen molar-refractivity contribution in [3.8, 4) is 10.6 Å². The van der Waals surface area contributed by atoms with Gasteiger partial charge in [0.15, 0.2) is 0 Å². The highest BCUT2D eigenvalue weighted by molar-refractivity contribution is 9.11. The third-order valence-electron chi connectivity index (χ3n) is 2.50. The van der Waals surface area contributed by atoms with Crippen LogP contribution in [-0.4, -0.2) is 16.4 Å². The first kappa shape index (κ1) is 12.6. The monoisotopic (exact) mass is 358 g/mol. The SMILES string of the molecule is Cc1noc(-c2cc3sc(Br)cc3s2)c1NC(=O)O. The molecule has 3 aromatic heterocycles. The summed E-state index contributed by atoms with van der Waals surface area (Å²) in [6.07, 6.45) is -1.13. The molecule has 0 aromatic carbocycles. The Morgan fingerprint density at radius 2 is 2.16 bits per heavy atom. The van der Waals surface area contributed by atoms with Crippen LogP contribution >= 0.6 is 38.6 Å². The van der Waals surface area contributed by atoms with Gasteiger partial charge in [0, 0.05) is 9.40 Å². The molecule has 98 valence electrons. The minimum atomic E-state index is -1.13. The van der Waals surface area contributed by atoms with Gasteiger partial charge >= 0.3 is 6.09 Å². The Morgan fingerprint density at radius 1 is 1.42 bits per heavy atom. The van der Waals surface area contributed by atoms with Crippen LogP contribution in [-0.2, 0) is 0 Å². The van der Waals surface area contributed by atoms with Crippen LogP contribution in [0.4, 0.5) is 10.5 Å². The van der Waals surface area contributed by atoms with Gasteiger partial charge in [0.1, 0.15) is 11.4 Å². The summed E-state index contributed by atoms with van der Waals surface area (Å²) in [7, 11) is 0. The van der Waals surface area contributed by atoms with Crippen LogP contribution in [0, 0.1) is 6.92 Å². The highest BCUT2D eigenvalue weighted by Gasteiger charge is 2.19. The van der Waals surface area contributed by atoms with E-state index in [1.165, 1.54) is 11.3 Å². The minimum Gasteiger partial charge on any atom is -0.465 e. The Kier molecular flexibility index (Phi) is 3.08. The Hall–Kier alpha value is -1.38. The summed E-state index contributed by atoms with van der Waals surface area (Å²) in [5.74, 6) is 0.462. The fourth-order valence-electron chi connectivity index (χ4n) is 1.71. The Bertz CT molecular complexity index is 743. The van der Waals surface area contributed by atoms with E-state index in [9.17, 15) is 4.79 Å². The van der Waals surface area contributed by atoms with Crippen molar-refractivity contribution in [2.45, 2.75) is 6.92 Å². The summed E-state index contributed by atoms with van der Waals surface area (Å²) in [4.78, 5) is 11.6. The van der Waals surface area contributed by atoms with Gasteiger partial charge in [-0.2, -0.15) is 0 Å². The smallest absolute Gasteiger partial charge is 0.409 e. The average molecular weight is 359 g/mol. The van der Waals surface area contributed by atoms with Crippen molar-refractivity contribution in [2.75, 3.05) is 5.32 Å². The van der Waals surface area contributed by atoms with Gasteiger partial charge in [0.05, 0.1) is 8.66 Å². The van der Waals surface area contributed by atoms with Crippen molar-refractivity contribution in [3.63, 3.8) is 0 Å². The maximum absolute atomic E-state index is 10.8. The minimum absolute atomic E-state index is 0.403. The number of anilines is 1. The van der Waals surface area contributed by atoms with Gasteiger partial charge in [-0.05, 0) is 35.0 Å². The molecule has 2 N–H and O–H groups in total. The standard InChI is InChI=1S/C11H7BrN2O3S2/c1-4-9(13-11(15)16)10(17-14-4)7-2-5-6(18-7)3-8(12)19-5/h2-3,13H,1H3,(H,15,16). The Balaban J connectivity index is 2.10. The highest BCUT2D eigenvalue weighted by Crippen LogP contribution is 2.42. The van der Waals surface area contributed by atoms with Crippen LogP contribution in [0.3, 0.4) is 0 Å². The van der Waals surface area contributed by atoms with Crippen LogP contribution in [0.5, 0.6) is 0 Å². The van der Waals surface area contributed by atoms with Crippen molar-refractivity contribution in [2.24, 2.45) is 0 Å². The number of hydrogen-bond donors (Lipinski definition) is 2. The first-order valence-electron chi connectivity index (χ1n) is 5.20. The molecule has 0 aliphatic rings. The van der Waals surface area contributed by atoms with E-state index in [1.54, 1.807) is 18.3 Å². The van der Waals surface area contributed by atoms with Crippen LogP contribution in [0.2, 0.25) is 0 Å². The number of hydrogen-bond acceptors (Lipinski definition) is 5. The third kappa shape index (κ3) is 2.26. The number of carbonyl (C=O) groups is 1. The van der Waals surface area contributed by atoms with Gasteiger partial charge in [-0.3, -0.25) is 5.32 Å². The summed E-state index contributed by atoms with van der Waals surface area (Å²) in [5.41, 5.74) is 0.927. The topological polar surface area (TPSA) is 75.4 Å². The van der Waals surface area contributed by atoms with E-state index in [0.29, 0.717) is 17.1 Å². The Morgan fingerprint density at radius 3 is 2.84 bits per heavy atom. The number of amides is 1. The first-order valence-corrected chi connectivity index (χ1v) is 7.62. The molecule has 0 aliphatic carbocycles. The van der Waals surface area contributed by atoms with Gasteiger partial charge in [0.2, 0.25) is 5.76 Å². The predicted molar refractivity (Wildman–Crippen MR) is 79.3 cm³/mol. The number of aromatic nitrogens is 1. The zero-order valence-corrected chi connectivity index (χ0v) is 12.8. The first-order chi connectivity index (χ1) is 9.04. The lowest BCUT2D eigenvalue weighted by atomic mass is 10.2. The van der Waals surface area contributed by atoms with Crippen molar-refractivity contribution >= 4 is 59.8 Å². The molecule has 0 saturated heterocycles. The molecule has 3 rings (SSSR count). The zero-order valence-electron chi connectivity index (χ0n) is 9.56. The molecule has 5 nitrogen and oxygen atoms in total. The number of nitrogens with one attached hydrogen (secondary N) is 1. The summed E-state index contributed by atoms with van der Waals surface area (Å²) in [6, 6.07) is 4.00. The van der Waals surface area contributed by atoms with Crippen LogP contribution in [0.25, 0.3) is 20.0 Å². The number of thiophene rings is 2. The lowest BCUT2D eigenvalue weighted by Crippen LogP contribution is -2.08. The fraction of sp³-hybridized carbons (Fsp3) is 0.0909. The van der Waals surface area contributed by atoms with Gasteiger partial charge in [-0.1, -0.05) is 5.16 Å². The molecule has 0 spiro atoms. The second kappa shape index (κ2) is 4.62. The number of fused-ring (bicyclic) bond motifs is 1. The Labute approximate surface area is 124 Å². The van der Waals surface area contributed by atoms with E-state index in [-0.39, 0.29) is 0 Å². The summed E-state index contributed by atoms with van der Waals surface area (Å²) in [5, 5.41) is 15.0. The molecule has 8 heteroatoms. The molecule has 0 atom stereocenters. The molecule has 0 fully saturated rings. The quantitative estimate of drug-likeness (QED) is 0.691. The molecule has 0 bridgehead atoms. The normalized spacial score (nSPS) is 11.1. The lowest BCUT2D eigenvalue weighted by molar-refractivity contribution is 0.209. The summed E-state index contributed by atoms with van der Waals surface area (Å²) >= 11 is 6.60.